The minimum absolute atomic E-state index is 0.0119. The Bertz CT molecular complexity index is 377. The van der Waals surface area contributed by atoms with Crippen molar-refractivity contribution in [2.75, 3.05) is 6.54 Å². The van der Waals surface area contributed by atoms with Crippen LogP contribution in [-0.2, 0) is 0 Å². The van der Waals surface area contributed by atoms with Crippen molar-refractivity contribution in [3.63, 3.8) is 0 Å². The molecule has 1 aromatic carbocycles. The van der Waals surface area contributed by atoms with Gasteiger partial charge in [-0.15, -0.1) is 0 Å². The minimum Gasteiger partial charge on any atom is -0.327 e. The van der Waals surface area contributed by atoms with Crippen LogP contribution in [0, 0.1) is 10.1 Å². The highest BCUT2D eigenvalue weighted by molar-refractivity contribution is 6.32. The number of hydrogen-bond donors (Lipinski definition) is 1. The van der Waals surface area contributed by atoms with Gasteiger partial charge in [0.2, 0.25) is 0 Å². The lowest BCUT2D eigenvalue weighted by atomic mass is 10.1. The van der Waals surface area contributed by atoms with Crippen LogP contribution in [0.2, 0.25) is 5.02 Å². The first kappa shape index (κ1) is 10.7. The van der Waals surface area contributed by atoms with Gasteiger partial charge >= 0.3 is 0 Å². The number of nitro benzene ring substituents is 1. The molecule has 4 nitrogen and oxygen atoms in total. The van der Waals surface area contributed by atoms with E-state index in [1.165, 1.54) is 6.07 Å². The summed E-state index contributed by atoms with van der Waals surface area (Å²) in [7, 11) is 0. The topological polar surface area (TPSA) is 69.2 Å². The van der Waals surface area contributed by atoms with Crippen molar-refractivity contribution in [2.24, 2.45) is 5.73 Å². The SMILES string of the molecule is NCC=Cc1c(Cl)cccc1[N+](=O)[O-]. The molecule has 0 aromatic heterocycles. The van der Waals surface area contributed by atoms with E-state index in [4.69, 9.17) is 17.3 Å². The molecule has 74 valence electrons. The highest BCUT2D eigenvalue weighted by Crippen LogP contribution is 2.27. The largest absolute Gasteiger partial charge is 0.327 e. The van der Waals surface area contributed by atoms with Crippen molar-refractivity contribution in [1.82, 2.24) is 0 Å². The third-order valence-corrected chi connectivity index (χ3v) is 1.98. The van der Waals surface area contributed by atoms with E-state index in [2.05, 4.69) is 0 Å². The standard InChI is InChI=1S/C9H9ClN2O2/c10-8-4-1-5-9(12(13)14)7(8)3-2-6-11/h1-5H,6,11H2. The van der Waals surface area contributed by atoms with Crippen molar-refractivity contribution < 1.29 is 4.92 Å². The molecule has 0 aliphatic rings. The Labute approximate surface area is 86.1 Å². The summed E-state index contributed by atoms with van der Waals surface area (Å²) < 4.78 is 0. The Balaban J connectivity index is 3.22. The zero-order valence-corrected chi connectivity index (χ0v) is 8.07. The second-order valence-corrected chi connectivity index (χ2v) is 2.98. The van der Waals surface area contributed by atoms with Crippen LogP contribution in [0.25, 0.3) is 6.08 Å². The average molecular weight is 213 g/mol. The van der Waals surface area contributed by atoms with Gasteiger partial charge in [0.25, 0.3) is 5.69 Å². The Morgan fingerprint density at radius 2 is 2.29 bits per heavy atom. The summed E-state index contributed by atoms with van der Waals surface area (Å²) in [6.07, 6.45) is 3.18. The first-order valence-electron chi connectivity index (χ1n) is 3.96. The molecule has 5 heteroatoms. The van der Waals surface area contributed by atoms with Gasteiger partial charge in [0.1, 0.15) is 0 Å². The third-order valence-electron chi connectivity index (χ3n) is 1.65. The number of rotatable bonds is 3. The Kier molecular flexibility index (Phi) is 3.62. The maximum atomic E-state index is 10.6. The number of nitrogens with two attached hydrogens (primary N) is 1. The smallest absolute Gasteiger partial charge is 0.278 e. The van der Waals surface area contributed by atoms with Crippen LogP contribution in [0.5, 0.6) is 0 Å². The lowest BCUT2D eigenvalue weighted by Gasteiger charge is -1.99. The second kappa shape index (κ2) is 4.74. The van der Waals surface area contributed by atoms with Gasteiger partial charge in [0.15, 0.2) is 0 Å². The van der Waals surface area contributed by atoms with Crippen molar-refractivity contribution in [2.45, 2.75) is 0 Å². The zero-order chi connectivity index (χ0) is 10.6. The molecule has 0 aliphatic heterocycles. The molecule has 0 radical (unpaired) electrons. The predicted molar refractivity (Wildman–Crippen MR) is 56.2 cm³/mol. The summed E-state index contributed by atoms with van der Waals surface area (Å²) in [6, 6.07) is 4.55. The van der Waals surface area contributed by atoms with E-state index >= 15 is 0 Å². The molecule has 0 heterocycles. The molecule has 0 amide bonds. The molecule has 0 fully saturated rings. The molecule has 1 rings (SSSR count). The molecule has 0 aliphatic carbocycles. The normalized spacial score (nSPS) is 10.7. The first-order chi connectivity index (χ1) is 6.66. The molecule has 0 bridgehead atoms. The molecule has 0 saturated carbocycles. The Morgan fingerprint density at radius 1 is 1.57 bits per heavy atom. The van der Waals surface area contributed by atoms with E-state index in [1.54, 1.807) is 24.3 Å². The number of benzene rings is 1. The fraction of sp³-hybridized carbons (Fsp3) is 0.111. The van der Waals surface area contributed by atoms with Crippen molar-refractivity contribution in [3.05, 3.63) is 45.0 Å². The average Bonchev–Trinajstić information content (AvgIpc) is 2.15. The van der Waals surface area contributed by atoms with Gasteiger partial charge in [-0.25, -0.2) is 0 Å². The molecular formula is C9H9ClN2O2. The fourth-order valence-corrected chi connectivity index (χ4v) is 1.27. The van der Waals surface area contributed by atoms with Crippen LogP contribution >= 0.6 is 11.6 Å². The molecule has 0 spiro atoms. The highest BCUT2D eigenvalue weighted by atomic mass is 35.5. The molecule has 0 unspecified atom stereocenters. The molecular weight excluding hydrogens is 204 g/mol. The fourth-order valence-electron chi connectivity index (χ4n) is 1.04. The lowest BCUT2D eigenvalue weighted by molar-refractivity contribution is -0.385. The van der Waals surface area contributed by atoms with Crippen LogP contribution in [0.4, 0.5) is 5.69 Å². The van der Waals surface area contributed by atoms with Gasteiger partial charge < -0.3 is 5.73 Å². The summed E-state index contributed by atoms with van der Waals surface area (Å²) in [5, 5.41) is 11.0. The quantitative estimate of drug-likeness (QED) is 0.617. The van der Waals surface area contributed by atoms with E-state index in [1.807, 2.05) is 0 Å². The number of nitrogens with zero attached hydrogens (tertiary/aromatic N) is 1. The van der Waals surface area contributed by atoms with Gasteiger partial charge in [-0.2, -0.15) is 0 Å². The predicted octanol–water partition coefficient (Wildman–Crippen LogP) is 2.22. The van der Waals surface area contributed by atoms with E-state index in [0.717, 1.165) is 0 Å². The summed E-state index contributed by atoms with van der Waals surface area (Å²) in [5.74, 6) is 0. The van der Waals surface area contributed by atoms with Crippen LogP contribution in [-0.4, -0.2) is 11.5 Å². The molecule has 2 N–H and O–H groups in total. The van der Waals surface area contributed by atoms with E-state index in [-0.39, 0.29) is 5.69 Å². The molecule has 0 saturated heterocycles. The van der Waals surface area contributed by atoms with E-state index in [9.17, 15) is 10.1 Å². The molecule has 0 atom stereocenters. The number of nitro groups is 1. The van der Waals surface area contributed by atoms with Gasteiger partial charge in [-0.1, -0.05) is 23.7 Å². The van der Waals surface area contributed by atoms with Gasteiger partial charge in [-0.05, 0) is 12.1 Å². The maximum Gasteiger partial charge on any atom is 0.278 e. The van der Waals surface area contributed by atoms with Crippen LogP contribution in [0.3, 0.4) is 0 Å². The number of hydrogen-bond acceptors (Lipinski definition) is 3. The Morgan fingerprint density at radius 3 is 2.86 bits per heavy atom. The summed E-state index contributed by atoms with van der Waals surface area (Å²) >= 11 is 5.81. The third kappa shape index (κ3) is 2.31. The lowest BCUT2D eigenvalue weighted by Crippen LogP contribution is -1.94. The van der Waals surface area contributed by atoms with Crippen molar-refractivity contribution in [3.8, 4) is 0 Å². The van der Waals surface area contributed by atoms with Crippen molar-refractivity contribution >= 4 is 23.4 Å². The maximum absolute atomic E-state index is 10.6. The Hall–Kier alpha value is -1.39. The molecule has 14 heavy (non-hydrogen) atoms. The minimum atomic E-state index is -0.470. The highest BCUT2D eigenvalue weighted by Gasteiger charge is 2.13. The zero-order valence-electron chi connectivity index (χ0n) is 7.31. The van der Waals surface area contributed by atoms with Gasteiger partial charge in [0, 0.05) is 12.6 Å². The molecule has 1 aromatic rings. The van der Waals surface area contributed by atoms with Crippen LogP contribution in [0.1, 0.15) is 5.56 Å². The first-order valence-corrected chi connectivity index (χ1v) is 4.34. The monoisotopic (exact) mass is 212 g/mol. The van der Waals surface area contributed by atoms with E-state index in [0.29, 0.717) is 17.1 Å². The summed E-state index contributed by atoms with van der Waals surface area (Å²) in [4.78, 5) is 10.1. The van der Waals surface area contributed by atoms with Crippen LogP contribution < -0.4 is 5.73 Å². The van der Waals surface area contributed by atoms with Crippen molar-refractivity contribution in [1.29, 1.82) is 0 Å². The van der Waals surface area contributed by atoms with Crippen LogP contribution in [0.15, 0.2) is 24.3 Å². The van der Waals surface area contributed by atoms with E-state index < -0.39 is 4.92 Å². The summed E-state index contributed by atoms with van der Waals surface area (Å²) in [5.41, 5.74) is 5.63. The van der Waals surface area contributed by atoms with Gasteiger partial charge in [-0.3, -0.25) is 10.1 Å². The number of halogens is 1. The van der Waals surface area contributed by atoms with Gasteiger partial charge in [0.05, 0.1) is 15.5 Å². The summed E-state index contributed by atoms with van der Waals surface area (Å²) in [6.45, 7) is 0.322. The second-order valence-electron chi connectivity index (χ2n) is 2.57.